The lowest BCUT2D eigenvalue weighted by atomic mass is 10.0. The molecule has 160 valence electrons. The third kappa shape index (κ3) is 3.85. The van der Waals surface area contributed by atoms with Crippen molar-refractivity contribution in [1.29, 1.82) is 0 Å². The average molecular weight is 419 g/mol. The summed E-state index contributed by atoms with van der Waals surface area (Å²) in [5, 5.41) is 4.51. The largest absolute Gasteiger partial charge is 0.480 e. The summed E-state index contributed by atoms with van der Waals surface area (Å²) in [4.78, 5) is 26.0. The van der Waals surface area contributed by atoms with Crippen molar-refractivity contribution < 1.29 is 9.53 Å². The minimum Gasteiger partial charge on any atom is -0.480 e. The number of hydrogen-bond acceptors (Lipinski definition) is 6. The van der Waals surface area contributed by atoms with E-state index in [9.17, 15) is 4.79 Å². The van der Waals surface area contributed by atoms with E-state index in [-0.39, 0.29) is 5.91 Å². The smallest absolute Gasteiger partial charge is 0.263 e. The topological polar surface area (TPSA) is 76.4 Å². The van der Waals surface area contributed by atoms with Crippen LogP contribution in [0.1, 0.15) is 23.4 Å². The summed E-state index contributed by atoms with van der Waals surface area (Å²) >= 11 is 0. The number of aryl methyl sites for hydroxylation is 3. The van der Waals surface area contributed by atoms with Gasteiger partial charge in [-0.25, -0.2) is 14.6 Å². The van der Waals surface area contributed by atoms with E-state index in [0.29, 0.717) is 13.1 Å². The normalized spacial score (nSPS) is 18.5. The van der Waals surface area contributed by atoms with E-state index in [1.165, 1.54) is 5.56 Å². The van der Waals surface area contributed by atoms with Gasteiger partial charge < -0.3 is 14.5 Å². The molecule has 1 atom stereocenters. The van der Waals surface area contributed by atoms with E-state index in [0.717, 1.165) is 54.7 Å². The zero-order valence-corrected chi connectivity index (χ0v) is 17.9. The quantitative estimate of drug-likeness (QED) is 0.650. The zero-order chi connectivity index (χ0) is 21.4. The van der Waals surface area contributed by atoms with Gasteiger partial charge in [-0.3, -0.25) is 4.79 Å². The second-order valence-electron chi connectivity index (χ2n) is 8.14. The molecule has 2 aliphatic heterocycles. The Kier molecular flexibility index (Phi) is 5.05. The van der Waals surface area contributed by atoms with E-state index < -0.39 is 6.10 Å². The molecule has 5 rings (SSSR count). The maximum absolute atomic E-state index is 13.0. The van der Waals surface area contributed by atoms with Gasteiger partial charge in [0.1, 0.15) is 17.9 Å². The number of fused-ring (bicyclic) bond motifs is 1. The Balaban J connectivity index is 1.23. The van der Waals surface area contributed by atoms with Crippen LogP contribution in [0.5, 0.6) is 5.75 Å². The Morgan fingerprint density at radius 2 is 1.81 bits per heavy atom. The lowest BCUT2D eigenvalue weighted by molar-refractivity contribution is -0.139. The van der Waals surface area contributed by atoms with Crippen LogP contribution in [0.3, 0.4) is 0 Å². The molecule has 31 heavy (non-hydrogen) atoms. The fourth-order valence-electron chi connectivity index (χ4n) is 4.34. The van der Waals surface area contributed by atoms with Gasteiger partial charge in [-0.15, -0.1) is 0 Å². The molecule has 1 fully saturated rings. The van der Waals surface area contributed by atoms with Gasteiger partial charge in [0.05, 0.1) is 5.69 Å². The lowest BCUT2D eigenvalue weighted by Crippen LogP contribution is -2.53. The lowest BCUT2D eigenvalue weighted by Gasteiger charge is -2.37. The van der Waals surface area contributed by atoms with Crippen molar-refractivity contribution >= 4 is 11.7 Å². The molecule has 1 saturated heterocycles. The highest BCUT2D eigenvalue weighted by molar-refractivity contribution is 5.82. The van der Waals surface area contributed by atoms with Gasteiger partial charge in [0.2, 0.25) is 0 Å². The molecule has 8 nitrogen and oxygen atoms in total. The number of anilines is 1. The van der Waals surface area contributed by atoms with Crippen LogP contribution in [0.2, 0.25) is 0 Å². The fraction of sp³-hybridized carbons (Fsp3) is 0.391. The first-order chi connectivity index (χ1) is 15.1. The third-order valence-electron chi connectivity index (χ3n) is 5.97. The van der Waals surface area contributed by atoms with Gasteiger partial charge in [0, 0.05) is 37.9 Å². The van der Waals surface area contributed by atoms with Crippen molar-refractivity contribution in [3.63, 3.8) is 0 Å². The van der Waals surface area contributed by atoms with Crippen LogP contribution in [0.4, 0.5) is 5.82 Å². The maximum Gasteiger partial charge on any atom is 0.263 e. The first-order valence-corrected chi connectivity index (χ1v) is 10.7. The molecule has 4 heterocycles. The minimum atomic E-state index is -0.391. The number of carbonyl (C=O) groups is 1. The van der Waals surface area contributed by atoms with Crippen molar-refractivity contribution in [2.45, 2.75) is 32.8 Å². The minimum absolute atomic E-state index is 0.0835. The summed E-state index contributed by atoms with van der Waals surface area (Å²) in [5.74, 6) is 2.53. The predicted molar refractivity (Wildman–Crippen MR) is 117 cm³/mol. The highest BCUT2D eigenvalue weighted by Gasteiger charge is 2.31. The van der Waals surface area contributed by atoms with E-state index in [1.54, 1.807) is 6.33 Å². The van der Waals surface area contributed by atoms with Crippen LogP contribution in [0.25, 0.3) is 5.82 Å². The number of nitrogens with zero attached hydrogens (tertiary/aromatic N) is 6. The summed E-state index contributed by atoms with van der Waals surface area (Å²) in [5.41, 5.74) is 3.17. The Morgan fingerprint density at radius 1 is 1.03 bits per heavy atom. The molecule has 0 N–H and O–H groups in total. The monoisotopic (exact) mass is 418 g/mol. The highest BCUT2D eigenvalue weighted by atomic mass is 16.5. The molecule has 0 aliphatic carbocycles. The molecule has 8 heteroatoms. The van der Waals surface area contributed by atoms with Crippen LogP contribution in [-0.4, -0.2) is 62.8 Å². The van der Waals surface area contributed by atoms with Crippen molar-refractivity contribution in [3.8, 4) is 11.6 Å². The Labute approximate surface area is 181 Å². The second-order valence-corrected chi connectivity index (χ2v) is 8.14. The number of benzene rings is 1. The number of para-hydroxylation sites is 1. The molecular formula is C23H26N6O2. The predicted octanol–water partition coefficient (Wildman–Crippen LogP) is 2.32. The van der Waals surface area contributed by atoms with Crippen molar-refractivity contribution in [2.75, 3.05) is 31.1 Å². The standard InChI is InChI=1S/C23H26N6O2/c1-16-13-17(2)29(26-16)22-14-21(24-15-25-22)27-9-11-28(12-10-27)23(30)20-8-7-18-5-3-4-6-19(18)31-20/h3-6,13-15,20H,7-12H2,1-2H3. The Bertz CT molecular complexity index is 1100. The Morgan fingerprint density at radius 3 is 2.58 bits per heavy atom. The fourth-order valence-corrected chi connectivity index (χ4v) is 4.34. The number of hydrogen-bond donors (Lipinski definition) is 0. The van der Waals surface area contributed by atoms with Crippen molar-refractivity contribution in [3.05, 3.63) is 59.7 Å². The Hall–Kier alpha value is -3.42. The van der Waals surface area contributed by atoms with Crippen LogP contribution < -0.4 is 9.64 Å². The molecule has 0 bridgehead atoms. The maximum atomic E-state index is 13.0. The van der Waals surface area contributed by atoms with Gasteiger partial charge in [0.15, 0.2) is 11.9 Å². The molecule has 0 saturated carbocycles. The van der Waals surface area contributed by atoms with E-state index >= 15 is 0 Å². The number of carbonyl (C=O) groups excluding carboxylic acids is 1. The molecule has 1 amide bonds. The van der Waals surface area contributed by atoms with E-state index in [2.05, 4.69) is 26.0 Å². The van der Waals surface area contributed by atoms with Crippen molar-refractivity contribution in [2.24, 2.45) is 0 Å². The second kappa shape index (κ2) is 8.02. The summed E-state index contributed by atoms with van der Waals surface area (Å²) in [6.07, 6.45) is 2.79. The number of rotatable bonds is 3. The van der Waals surface area contributed by atoms with Gasteiger partial charge in [-0.2, -0.15) is 5.10 Å². The van der Waals surface area contributed by atoms with Gasteiger partial charge in [-0.05, 0) is 44.4 Å². The molecule has 3 aromatic rings. The molecule has 2 aliphatic rings. The molecular weight excluding hydrogens is 392 g/mol. The average Bonchev–Trinajstić information content (AvgIpc) is 3.16. The van der Waals surface area contributed by atoms with E-state index in [4.69, 9.17) is 4.74 Å². The molecule has 0 spiro atoms. The first kappa shape index (κ1) is 19.5. The highest BCUT2D eigenvalue weighted by Crippen LogP contribution is 2.28. The summed E-state index contributed by atoms with van der Waals surface area (Å²) in [7, 11) is 0. The molecule has 0 radical (unpaired) electrons. The summed E-state index contributed by atoms with van der Waals surface area (Å²) in [6, 6.07) is 12.0. The SMILES string of the molecule is Cc1cc(C)n(-c2cc(N3CCN(C(=O)C4CCc5ccccc5O4)CC3)ncn2)n1. The van der Waals surface area contributed by atoms with Gasteiger partial charge >= 0.3 is 0 Å². The van der Waals surface area contributed by atoms with Gasteiger partial charge in [-0.1, -0.05) is 18.2 Å². The number of aromatic nitrogens is 4. The number of piperazine rings is 1. The molecule has 1 aromatic carbocycles. The molecule has 2 aromatic heterocycles. The zero-order valence-electron chi connectivity index (χ0n) is 17.9. The summed E-state index contributed by atoms with van der Waals surface area (Å²) in [6.45, 7) is 6.73. The van der Waals surface area contributed by atoms with Crippen LogP contribution in [0, 0.1) is 13.8 Å². The van der Waals surface area contributed by atoms with Crippen LogP contribution in [-0.2, 0) is 11.2 Å². The summed E-state index contributed by atoms with van der Waals surface area (Å²) < 4.78 is 7.83. The molecule has 1 unspecified atom stereocenters. The third-order valence-corrected chi connectivity index (χ3v) is 5.97. The number of ether oxygens (including phenoxy) is 1. The first-order valence-electron chi connectivity index (χ1n) is 10.7. The van der Waals surface area contributed by atoms with Crippen molar-refractivity contribution in [1.82, 2.24) is 24.6 Å². The van der Waals surface area contributed by atoms with Crippen LogP contribution >= 0.6 is 0 Å². The van der Waals surface area contributed by atoms with Gasteiger partial charge in [0.25, 0.3) is 5.91 Å². The van der Waals surface area contributed by atoms with E-state index in [1.807, 2.05) is 53.8 Å². The van der Waals surface area contributed by atoms with Crippen LogP contribution in [0.15, 0.2) is 42.7 Å². The number of amides is 1.